The van der Waals surface area contributed by atoms with Gasteiger partial charge in [0, 0.05) is 46.0 Å². The maximum absolute atomic E-state index is 11.9. The first-order valence-corrected chi connectivity index (χ1v) is 5.04. The van der Waals surface area contributed by atoms with E-state index in [0.717, 1.165) is 17.8 Å². The highest BCUT2D eigenvalue weighted by atomic mass is 16.2. The Kier molecular flexibility index (Phi) is 2.48. The monoisotopic (exact) mass is 208 g/mol. The number of likely N-dealkylation sites (N-methyl/N-ethyl adjacent to an activating group) is 1. The third-order valence-electron chi connectivity index (χ3n) is 2.67. The normalized spacial score (nSPS) is 19.8. The van der Waals surface area contributed by atoms with E-state index in [1.54, 1.807) is 23.7 Å². The first-order chi connectivity index (χ1) is 7.09. The Balaban J connectivity index is 2.33. The standard InChI is InChI=1S/C10H16N4O/c1-13(2)10(15)8-5-11-4-7-6-14(3)12-9(7)8/h6,8,11H,4-5H2,1-3H3/t8-/m1/s1. The average Bonchev–Trinajstić information content (AvgIpc) is 2.56. The van der Waals surface area contributed by atoms with Gasteiger partial charge >= 0.3 is 0 Å². The maximum atomic E-state index is 11.9. The van der Waals surface area contributed by atoms with Gasteiger partial charge < -0.3 is 10.2 Å². The quantitative estimate of drug-likeness (QED) is 0.689. The fraction of sp³-hybridized carbons (Fsp3) is 0.600. The molecule has 0 saturated carbocycles. The van der Waals surface area contributed by atoms with E-state index in [1.165, 1.54) is 0 Å². The summed E-state index contributed by atoms with van der Waals surface area (Å²) in [5.74, 6) is -0.0212. The van der Waals surface area contributed by atoms with Gasteiger partial charge in [-0.1, -0.05) is 0 Å². The summed E-state index contributed by atoms with van der Waals surface area (Å²) in [5.41, 5.74) is 2.05. The molecule has 1 N–H and O–H groups in total. The summed E-state index contributed by atoms with van der Waals surface area (Å²) in [6.07, 6.45) is 1.97. The van der Waals surface area contributed by atoms with Crippen LogP contribution in [0.5, 0.6) is 0 Å². The molecule has 0 saturated heterocycles. The first-order valence-electron chi connectivity index (χ1n) is 5.04. The summed E-state index contributed by atoms with van der Waals surface area (Å²) in [6.45, 7) is 1.49. The molecular weight excluding hydrogens is 192 g/mol. The number of carbonyl (C=O) groups is 1. The smallest absolute Gasteiger partial charge is 0.232 e. The maximum Gasteiger partial charge on any atom is 0.232 e. The molecule has 0 aliphatic carbocycles. The molecule has 0 aromatic carbocycles. The summed E-state index contributed by atoms with van der Waals surface area (Å²) < 4.78 is 1.77. The van der Waals surface area contributed by atoms with E-state index in [2.05, 4.69) is 10.4 Å². The highest BCUT2D eigenvalue weighted by Gasteiger charge is 2.30. The van der Waals surface area contributed by atoms with Crippen molar-refractivity contribution in [1.82, 2.24) is 20.0 Å². The number of nitrogens with zero attached hydrogens (tertiary/aromatic N) is 3. The van der Waals surface area contributed by atoms with E-state index in [-0.39, 0.29) is 11.8 Å². The van der Waals surface area contributed by atoms with Gasteiger partial charge in [-0.05, 0) is 0 Å². The molecule has 0 spiro atoms. The van der Waals surface area contributed by atoms with Gasteiger partial charge in [0.05, 0.1) is 11.6 Å². The van der Waals surface area contributed by atoms with Crippen molar-refractivity contribution < 1.29 is 4.79 Å². The lowest BCUT2D eigenvalue weighted by Gasteiger charge is -2.24. The predicted molar refractivity (Wildman–Crippen MR) is 56.3 cm³/mol. The van der Waals surface area contributed by atoms with Crippen molar-refractivity contribution in [2.24, 2.45) is 7.05 Å². The van der Waals surface area contributed by atoms with Crippen LogP contribution in [0, 0.1) is 0 Å². The molecule has 82 valence electrons. The molecule has 2 rings (SSSR count). The SMILES string of the molecule is CN(C)C(=O)[C@@H]1CNCc2cn(C)nc21. The van der Waals surface area contributed by atoms with Crippen LogP contribution < -0.4 is 5.32 Å². The van der Waals surface area contributed by atoms with E-state index in [9.17, 15) is 4.79 Å². The Morgan fingerprint density at radius 3 is 3.07 bits per heavy atom. The molecule has 0 unspecified atom stereocenters. The van der Waals surface area contributed by atoms with Crippen LogP contribution in [0.1, 0.15) is 17.2 Å². The highest BCUT2D eigenvalue weighted by molar-refractivity contribution is 5.83. The van der Waals surface area contributed by atoms with Crippen LogP contribution in [0.2, 0.25) is 0 Å². The number of fused-ring (bicyclic) bond motifs is 1. The van der Waals surface area contributed by atoms with Gasteiger partial charge in [-0.3, -0.25) is 9.48 Å². The van der Waals surface area contributed by atoms with Gasteiger partial charge in [-0.2, -0.15) is 5.10 Å². The van der Waals surface area contributed by atoms with Gasteiger partial charge in [0.1, 0.15) is 0 Å². The van der Waals surface area contributed by atoms with Crippen molar-refractivity contribution in [3.63, 3.8) is 0 Å². The van der Waals surface area contributed by atoms with Crippen LogP contribution in [0.25, 0.3) is 0 Å². The number of amides is 1. The Labute approximate surface area is 89.1 Å². The van der Waals surface area contributed by atoms with Crippen LogP contribution in [-0.2, 0) is 18.4 Å². The van der Waals surface area contributed by atoms with Gasteiger partial charge in [-0.25, -0.2) is 0 Å². The number of rotatable bonds is 1. The minimum absolute atomic E-state index is 0.113. The van der Waals surface area contributed by atoms with Gasteiger partial charge in [0.25, 0.3) is 0 Å². The second-order valence-electron chi connectivity index (χ2n) is 4.13. The molecule has 0 fully saturated rings. The molecule has 1 aromatic rings. The van der Waals surface area contributed by atoms with Gasteiger partial charge in [0.15, 0.2) is 0 Å². The molecule has 5 heteroatoms. The van der Waals surface area contributed by atoms with E-state index >= 15 is 0 Å². The summed E-state index contributed by atoms with van der Waals surface area (Å²) >= 11 is 0. The zero-order chi connectivity index (χ0) is 11.0. The lowest BCUT2D eigenvalue weighted by molar-refractivity contribution is -0.130. The van der Waals surface area contributed by atoms with Crippen molar-refractivity contribution in [2.45, 2.75) is 12.5 Å². The topological polar surface area (TPSA) is 50.2 Å². The third kappa shape index (κ3) is 1.74. The Bertz CT molecular complexity index is 383. The summed E-state index contributed by atoms with van der Waals surface area (Å²) in [5, 5.41) is 7.60. The van der Waals surface area contributed by atoms with Crippen molar-refractivity contribution in [2.75, 3.05) is 20.6 Å². The molecule has 0 radical (unpaired) electrons. The van der Waals surface area contributed by atoms with Crippen molar-refractivity contribution in [3.8, 4) is 0 Å². The minimum Gasteiger partial charge on any atom is -0.348 e. The number of hydrogen-bond acceptors (Lipinski definition) is 3. The van der Waals surface area contributed by atoms with Gasteiger partial charge in [-0.15, -0.1) is 0 Å². The Morgan fingerprint density at radius 1 is 1.67 bits per heavy atom. The first kappa shape index (κ1) is 10.2. The highest BCUT2D eigenvalue weighted by Crippen LogP contribution is 2.23. The fourth-order valence-corrected chi connectivity index (χ4v) is 1.95. The molecule has 15 heavy (non-hydrogen) atoms. The lowest BCUT2D eigenvalue weighted by atomic mass is 9.97. The lowest BCUT2D eigenvalue weighted by Crippen LogP contribution is -2.38. The number of hydrogen-bond donors (Lipinski definition) is 1. The van der Waals surface area contributed by atoms with Crippen molar-refractivity contribution >= 4 is 5.91 Å². The predicted octanol–water partition coefficient (Wildman–Crippen LogP) is -0.305. The Hall–Kier alpha value is -1.36. The number of aryl methyl sites for hydroxylation is 1. The van der Waals surface area contributed by atoms with Crippen LogP contribution in [-0.4, -0.2) is 41.2 Å². The zero-order valence-corrected chi connectivity index (χ0v) is 9.32. The molecule has 1 aliphatic rings. The van der Waals surface area contributed by atoms with Crippen molar-refractivity contribution in [1.29, 1.82) is 0 Å². The average molecular weight is 208 g/mol. The van der Waals surface area contributed by atoms with Crippen molar-refractivity contribution in [3.05, 3.63) is 17.5 Å². The minimum atomic E-state index is -0.134. The molecule has 5 nitrogen and oxygen atoms in total. The molecule has 2 heterocycles. The third-order valence-corrected chi connectivity index (χ3v) is 2.67. The number of carbonyl (C=O) groups excluding carboxylic acids is 1. The second kappa shape index (κ2) is 3.66. The van der Waals surface area contributed by atoms with Crippen LogP contribution >= 0.6 is 0 Å². The molecule has 1 aliphatic heterocycles. The summed E-state index contributed by atoms with van der Waals surface area (Å²) in [7, 11) is 5.44. The van der Waals surface area contributed by atoms with E-state index in [4.69, 9.17) is 0 Å². The molecule has 1 amide bonds. The van der Waals surface area contributed by atoms with E-state index in [1.807, 2.05) is 13.2 Å². The van der Waals surface area contributed by atoms with Crippen LogP contribution in [0.4, 0.5) is 0 Å². The van der Waals surface area contributed by atoms with Crippen LogP contribution in [0.3, 0.4) is 0 Å². The molecule has 1 atom stereocenters. The largest absolute Gasteiger partial charge is 0.348 e. The zero-order valence-electron chi connectivity index (χ0n) is 9.32. The number of aromatic nitrogens is 2. The summed E-state index contributed by atoms with van der Waals surface area (Å²) in [6, 6.07) is 0. The molecule has 1 aromatic heterocycles. The second-order valence-corrected chi connectivity index (χ2v) is 4.13. The molecular formula is C10H16N4O. The van der Waals surface area contributed by atoms with Gasteiger partial charge in [0.2, 0.25) is 5.91 Å². The fourth-order valence-electron chi connectivity index (χ4n) is 1.95. The van der Waals surface area contributed by atoms with Crippen LogP contribution in [0.15, 0.2) is 6.20 Å². The van der Waals surface area contributed by atoms with E-state index < -0.39 is 0 Å². The molecule has 0 bridgehead atoms. The Morgan fingerprint density at radius 2 is 2.40 bits per heavy atom. The number of nitrogens with one attached hydrogen (secondary N) is 1. The van der Waals surface area contributed by atoms with E-state index in [0.29, 0.717) is 6.54 Å². The summed E-state index contributed by atoms with van der Waals surface area (Å²) in [4.78, 5) is 13.5.